The lowest BCUT2D eigenvalue weighted by molar-refractivity contribution is -0.00884. The second kappa shape index (κ2) is 12.0. The number of amides is 1. The van der Waals surface area contributed by atoms with Crippen molar-refractivity contribution in [1.29, 1.82) is 0 Å². The summed E-state index contributed by atoms with van der Waals surface area (Å²) in [5.41, 5.74) is 10.4. The number of nitrogens with one attached hydrogen (secondary N) is 3. The van der Waals surface area contributed by atoms with Gasteiger partial charge in [0.25, 0.3) is 5.91 Å². The molecule has 3 saturated heterocycles. The number of carbonyl (C=O) groups is 1. The van der Waals surface area contributed by atoms with Crippen molar-refractivity contribution in [3.05, 3.63) is 41.7 Å². The highest BCUT2D eigenvalue weighted by Crippen LogP contribution is 2.47. The van der Waals surface area contributed by atoms with Crippen LogP contribution in [0.15, 0.2) is 30.5 Å². The molecule has 0 radical (unpaired) electrons. The number of H-pyrrole nitrogens is 1. The average Bonchev–Trinajstić information content (AvgIpc) is 3.52. The summed E-state index contributed by atoms with van der Waals surface area (Å²) in [6.45, 7) is 9.64. The number of ether oxygens (including phenoxy) is 1. The number of hydrogen-bond donors (Lipinski definition) is 4. The summed E-state index contributed by atoms with van der Waals surface area (Å²) < 4.78 is 6.03. The van der Waals surface area contributed by atoms with Gasteiger partial charge in [0.15, 0.2) is 17.3 Å². The van der Waals surface area contributed by atoms with Crippen LogP contribution >= 0.6 is 0 Å². The van der Waals surface area contributed by atoms with E-state index in [1.807, 2.05) is 12.1 Å². The average molecular weight is 601 g/mol. The SMILES string of the molecule is Cc1cc(Nc2nc(NC3CCOC4(CC4)C3)c(-c3ccn[nH]3)nc2C(N)=O)ccc1N1CCC(N2CCN(C)CC2)CC1. The Morgan fingerprint density at radius 1 is 1.05 bits per heavy atom. The largest absolute Gasteiger partial charge is 0.375 e. The highest BCUT2D eigenvalue weighted by molar-refractivity contribution is 5.97. The number of aryl methyl sites for hydroxylation is 1. The van der Waals surface area contributed by atoms with Crippen LogP contribution in [0.5, 0.6) is 0 Å². The normalized spacial score (nSPS) is 22.7. The zero-order valence-corrected chi connectivity index (χ0v) is 25.8. The van der Waals surface area contributed by atoms with Crippen molar-refractivity contribution < 1.29 is 9.53 Å². The monoisotopic (exact) mass is 600 g/mol. The molecular formula is C32H44N10O2. The van der Waals surface area contributed by atoms with Crippen LogP contribution in [-0.2, 0) is 4.74 Å². The Balaban J connectivity index is 1.09. The number of nitrogens with zero attached hydrogens (tertiary/aromatic N) is 6. The number of benzene rings is 1. The third kappa shape index (κ3) is 6.11. The van der Waals surface area contributed by atoms with Crippen molar-refractivity contribution in [2.24, 2.45) is 5.73 Å². The van der Waals surface area contributed by atoms with Gasteiger partial charge in [-0.3, -0.25) is 14.8 Å². The second-order valence-corrected chi connectivity index (χ2v) is 13.0. The van der Waals surface area contributed by atoms with Gasteiger partial charge in [-0.15, -0.1) is 0 Å². The van der Waals surface area contributed by atoms with Crippen LogP contribution in [0.2, 0.25) is 0 Å². The molecule has 7 rings (SSSR count). The number of aromatic nitrogens is 4. The molecule has 0 bridgehead atoms. The summed E-state index contributed by atoms with van der Waals surface area (Å²) in [5, 5.41) is 14.0. The van der Waals surface area contributed by atoms with Gasteiger partial charge in [0.05, 0.1) is 11.3 Å². The maximum atomic E-state index is 12.6. The summed E-state index contributed by atoms with van der Waals surface area (Å²) in [5.74, 6) is 0.268. The molecule has 234 valence electrons. The van der Waals surface area contributed by atoms with Crippen LogP contribution in [0.1, 0.15) is 54.6 Å². The predicted octanol–water partition coefficient (Wildman–Crippen LogP) is 3.36. The first-order valence-corrected chi connectivity index (χ1v) is 16.0. The van der Waals surface area contributed by atoms with Gasteiger partial charge in [-0.2, -0.15) is 5.10 Å². The molecule has 12 heteroatoms. The van der Waals surface area contributed by atoms with Crippen molar-refractivity contribution in [2.45, 2.75) is 63.1 Å². The number of anilines is 4. The van der Waals surface area contributed by atoms with Crippen LogP contribution in [0.4, 0.5) is 23.0 Å². The maximum absolute atomic E-state index is 12.6. The van der Waals surface area contributed by atoms with Crippen LogP contribution < -0.4 is 21.3 Å². The zero-order chi connectivity index (χ0) is 30.3. The molecule has 5 N–H and O–H groups in total. The van der Waals surface area contributed by atoms with E-state index in [0.717, 1.165) is 57.5 Å². The van der Waals surface area contributed by atoms with Gasteiger partial charge >= 0.3 is 0 Å². The first kappa shape index (κ1) is 29.0. The molecule has 1 aromatic carbocycles. The van der Waals surface area contributed by atoms with E-state index in [4.69, 9.17) is 20.4 Å². The van der Waals surface area contributed by atoms with Crippen molar-refractivity contribution in [3.63, 3.8) is 0 Å². The third-order valence-corrected chi connectivity index (χ3v) is 9.85. The van der Waals surface area contributed by atoms with Crippen LogP contribution in [0.25, 0.3) is 11.4 Å². The molecular weight excluding hydrogens is 556 g/mol. The lowest BCUT2D eigenvalue weighted by Crippen LogP contribution is -2.52. The topological polar surface area (TPSA) is 141 Å². The molecule has 3 aliphatic heterocycles. The lowest BCUT2D eigenvalue weighted by Gasteiger charge is -2.43. The molecule has 1 unspecified atom stereocenters. The van der Waals surface area contributed by atoms with Crippen molar-refractivity contribution in [1.82, 2.24) is 30.0 Å². The number of likely N-dealkylation sites (N-methyl/N-ethyl adjacent to an activating group) is 1. The molecule has 5 heterocycles. The molecule has 1 saturated carbocycles. The Kier molecular flexibility index (Phi) is 7.90. The lowest BCUT2D eigenvalue weighted by atomic mass is 10.0. The number of carbonyl (C=O) groups excluding carboxylic acids is 1. The molecule has 4 aliphatic rings. The van der Waals surface area contributed by atoms with Gasteiger partial charge in [0.1, 0.15) is 5.69 Å². The van der Waals surface area contributed by atoms with Gasteiger partial charge < -0.3 is 30.9 Å². The standard InChI is InChI=1S/C32H44N10O2/c1-21-19-22(3-4-26(21)42-12-6-24(7-13-42)41-16-14-40(2)15-17-41)35-31-28(29(33)43)37-27(25-5-11-34-39-25)30(38-31)36-23-8-18-44-32(20-23)9-10-32/h3-5,11,19,23-24H,6-10,12-18,20H2,1-2H3,(H2,33,43)(H,34,39)(H2,35,36,38). The summed E-state index contributed by atoms with van der Waals surface area (Å²) >= 11 is 0. The van der Waals surface area contributed by atoms with Gasteiger partial charge in [-0.25, -0.2) is 9.97 Å². The molecule has 3 aromatic rings. The van der Waals surface area contributed by atoms with Crippen LogP contribution in [-0.4, -0.2) is 106 Å². The Labute approximate surface area is 258 Å². The fourth-order valence-electron chi connectivity index (χ4n) is 7.09. The maximum Gasteiger partial charge on any atom is 0.271 e. The summed E-state index contributed by atoms with van der Waals surface area (Å²) in [6, 6.07) is 9.01. The van der Waals surface area contributed by atoms with Crippen molar-refractivity contribution >= 4 is 28.9 Å². The zero-order valence-electron chi connectivity index (χ0n) is 25.8. The highest BCUT2D eigenvalue weighted by Gasteiger charge is 2.48. The van der Waals surface area contributed by atoms with Crippen molar-refractivity contribution in [2.75, 3.05) is 68.5 Å². The molecule has 12 nitrogen and oxygen atoms in total. The van der Waals surface area contributed by atoms with E-state index < -0.39 is 5.91 Å². The first-order valence-electron chi connectivity index (χ1n) is 16.0. The molecule has 1 spiro atoms. The molecule has 2 aromatic heterocycles. The first-order chi connectivity index (χ1) is 21.4. The van der Waals surface area contributed by atoms with E-state index in [-0.39, 0.29) is 17.3 Å². The highest BCUT2D eigenvalue weighted by atomic mass is 16.5. The smallest absolute Gasteiger partial charge is 0.271 e. The molecule has 1 atom stereocenters. The Morgan fingerprint density at radius 3 is 2.52 bits per heavy atom. The molecule has 4 fully saturated rings. The molecule has 1 amide bonds. The number of piperazine rings is 1. The number of primary amides is 1. The minimum atomic E-state index is -0.646. The minimum absolute atomic E-state index is 0.00482. The van der Waals surface area contributed by atoms with Gasteiger partial charge in [-0.05, 0) is 82.3 Å². The Morgan fingerprint density at radius 2 is 1.84 bits per heavy atom. The predicted molar refractivity (Wildman–Crippen MR) is 171 cm³/mol. The number of rotatable bonds is 8. The number of hydrogen-bond acceptors (Lipinski definition) is 10. The van der Waals surface area contributed by atoms with Gasteiger partial charge in [0.2, 0.25) is 0 Å². The van der Waals surface area contributed by atoms with E-state index in [9.17, 15) is 4.79 Å². The fourth-order valence-corrected chi connectivity index (χ4v) is 7.09. The van der Waals surface area contributed by atoms with Crippen LogP contribution in [0, 0.1) is 6.92 Å². The van der Waals surface area contributed by atoms with E-state index in [1.165, 1.54) is 37.2 Å². The van der Waals surface area contributed by atoms with E-state index in [0.29, 0.717) is 35.7 Å². The minimum Gasteiger partial charge on any atom is -0.375 e. The quantitative estimate of drug-likeness (QED) is 0.304. The summed E-state index contributed by atoms with van der Waals surface area (Å²) in [4.78, 5) is 29.8. The summed E-state index contributed by atoms with van der Waals surface area (Å²) in [7, 11) is 2.21. The number of piperidine rings is 1. The van der Waals surface area contributed by atoms with E-state index in [1.54, 1.807) is 6.20 Å². The van der Waals surface area contributed by atoms with E-state index in [2.05, 4.69) is 61.6 Å². The number of aromatic amines is 1. The van der Waals surface area contributed by atoms with E-state index >= 15 is 0 Å². The number of nitrogens with two attached hydrogens (primary N) is 1. The molecule has 44 heavy (non-hydrogen) atoms. The van der Waals surface area contributed by atoms with Gasteiger partial charge in [0, 0.05) is 75.5 Å². The Bertz CT molecular complexity index is 1470. The summed E-state index contributed by atoms with van der Waals surface area (Å²) in [6.07, 6.45) is 8.03. The Hall–Kier alpha value is -3.74. The van der Waals surface area contributed by atoms with Crippen molar-refractivity contribution in [3.8, 4) is 11.4 Å². The third-order valence-electron chi connectivity index (χ3n) is 9.85. The van der Waals surface area contributed by atoms with Gasteiger partial charge in [-0.1, -0.05) is 0 Å². The second-order valence-electron chi connectivity index (χ2n) is 13.0. The fraction of sp³-hybridized carbons (Fsp3) is 0.562. The van der Waals surface area contributed by atoms with Crippen LogP contribution in [0.3, 0.4) is 0 Å². The molecule has 1 aliphatic carbocycles.